The summed E-state index contributed by atoms with van der Waals surface area (Å²) in [4.78, 5) is 15.1. The number of fused-ring (bicyclic) bond motifs is 1. The standard InChI is InChI=1S/C18H27NO3Si/c1-13-15(16-12-14(20)8-9-17(16)19-13)6-5-7-18(21)22-10-11-23(2,3)4/h8-9,12,19-20H,5-7,10-11H2,1-4H3. The van der Waals surface area contributed by atoms with Crippen molar-refractivity contribution >= 4 is 24.9 Å². The van der Waals surface area contributed by atoms with E-state index in [1.807, 2.05) is 13.0 Å². The molecule has 2 rings (SSSR count). The number of ether oxygens (including phenoxy) is 1. The normalized spacial score (nSPS) is 11.8. The number of nitrogens with one attached hydrogen (secondary N) is 1. The van der Waals surface area contributed by atoms with Gasteiger partial charge in [0.2, 0.25) is 0 Å². The van der Waals surface area contributed by atoms with Gasteiger partial charge in [-0.25, -0.2) is 0 Å². The van der Waals surface area contributed by atoms with Gasteiger partial charge in [-0.1, -0.05) is 19.6 Å². The first-order valence-electron chi connectivity index (χ1n) is 8.22. The Morgan fingerprint density at radius 3 is 2.74 bits per heavy atom. The van der Waals surface area contributed by atoms with Gasteiger partial charge in [0.1, 0.15) is 5.75 Å². The lowest BCUT2D eigenvalue weighted by Gasteiger charge is -2.15. The first-order valence-corrected chi connectivity index (χ1v) is 11.9. The van der Waals surface area contributed by atoms with Crippen molar-refractivity contribution in [3.05, 3.63) is 29.5 Å². The van der Waals surface area contributed by atoms with E-state index in [2.05, 4.69) is 24.6 Å². The third-order valence-corrected chi connectivity index (χ3v) is 5.73. The monoisotopic (exact) mass is 333 g/mol. The minimum atomic E-state index is -1.15. The zero-order valence-corrected chi connectivity index (χ0v) is 15.5. The van der Waals surface area contributed by atoms with Crippen molar-refractivity contribution in [2.75, 3.05) is 6.61 Å². The molecule has 1 aromatic heterocycles. The van der Waals surface area contributed by atoms with Crippen LogP contribution in [0.15, 0.2) is 18.2 Å². The third-order valence-electron chi connectivity index (χ3n) is 4.03. The van der Waals surface area contributed by atoms with Crippen LogP contribution in [0.3, 0.4) is 0 Å². The highest BCUT2D eigenvalue weighted by Crippen LogP contribution is 2.27. The molecule has 0 amide bonds. The lowest BCUT2D eigenvalue weighted by atomic mass is 10.0. The molecule has 0 aliphatic heterocycles. The molecule has 0 unspecified atom stereocenters. The number of aryl methyl sites for hydroxylation is 2. The molecule has 23 heavy (non-hydrogen) atoms. The van der Waals surface area contributed by atoms with Crippen molar-refractivity contribution in [3.63, 3.8) is 0 Å². The molecule has 2 aromatic rings. The lowest BCUT2D eigenvalue weighted by Crippen LogP contribution is -2.22. The molecule has 0 atom stereocenters. The van der Waals surface area contributed by atoms with Crippen LogP contribution in [0.1, 0.15) is 24.1 Å². The average Bonchev–Trinajstić information content (AvgIpc) is 2.73. The van der Waals surface area contributed by atoms with E-state index in [1.54, 1.807) is 12.1 Å². The molecule has 0 fully saturated rings. The number of H-pyrrole nitrogens is 1. The SMILES string of the molecule is Cc1[nH]c2ccc(O)cc2c1CCCC(=O)OCC[Si](C)(C)C. The summed E-state index contributed by atoms with van der Waals surface area (Å²) in [5.41, 5.74) is 3.29. The van der Waals surface area contributed by atoms with Gasteiger partial charge < -0.3 is 14.8 Å². The number of aromatic hydroxyl groups is 1. The highest BCUT2D eigenvalue weighted by Gasteiger charge is 2.14. The second-order valence-corrected chi connectivity index (χ2v) is 13.0. The van der Waals surface area contributed by atoms with Crippen LogP contribution in [0.5, 0.6) is 5.75 Å². The summed E-state index contributed by atoms with van der Waals surface area (Å²) in [6.45, 7) is 9.40. The van der Waals surface area contributed by atoms with E-state index >= 15 is 0 Å². The predicted octanol–water partition coefficient (Wildman–Crippen LogP) is 4.39. The molecule has 0 aliphatic rings. The Labute approximate surface area is 138 Å². The van der Waals surface area contributed by atoms with Crippen molar-refractivity contribution in [3.8, 4) is 5.75 Å². The van der Waals surface area contributed by atoms with Gasteiger partial charge in [0.05, 0.1) is 6.61 Å². The maximum absolute atomic E-state index is 11.8. The maximum atomic E-state index is 11.8. The molecule has 126 valence electrons. The Hall–Kier alpha value is -1.75. The molecule has 0 aliphatic carbocycles. The Morgan fingerprint density at radius 2 is 2.04 bits per heavy atom. The smallest absolute Gasteiger partial charge is 0.305 e. The van der Waals surface area contributed by atoms with Crippen LogP contribution < -0.4 is 0 Å². The summed E-state index contributed by atoms with van der Waals surface area (Å²) in [5, 5.41) is 10.7. The minimum absolute atomic E-state index is 0.108. The van der Waals surface area contributed by atoms with Gasteiger partial charge in [-0.15, -0.1) is 0 Å². The predicted molar refractivity (Wildman–Crippen MR) is 96.8 cm³/mol. The summed E-state index contributed by atoms with van der Waals surface area (Å²) in [6.07, 6.45) is 2.00. The maximum Gasteiger partial charge on any atom is 0.305 e. The number of aromatic nitrogens is 1. The van der Waals surface area contributed by atoms with E-state index in [-0.39, 0.29) is 11.7 Å². The van der Waals surface area contributed by atoms with E-state index in [4.69, 9.17) is 4.74 Å². The van der Waals surface area contributed by atoms with Crippen molar-refractivity contribution in [2.45, 2.75) is 51.9 Å². The lowest BCUT2D eigenvalue weighted by molar-refractivity contribution is -0.143. The number of carbonyl (C=O) groups excluding carboxylic acids is 1. The topological polar surface area (TPSA) is 62.3 Å². The number of hydrogen-bond donors (Lipinski definition) is 2. The summed E-state index contributed by atoms with van der Waals surface area (Å²) in [7, 11) is -1.15. The minimum Gasteiger partial charge on any atom is -0.508 e. The van der Waals surface area contributed by atoms with Crippen LogP contribution >= 0.6 is 0 Å². The molecule has 1 aromatic carbocycles. The van der Waals surface area contributed by atoms with Crippen LogP contribution in [0.4, 0.5) is 0 Å². The van der Waals surface area contributed by atoms with E-state index in [1.165, 1.54) is 5.56 Å². The molecule has 0 bridgehead atoms. The van der Waals surface area contributed by atoms with E-state index in [0.717, 1.165) is 35.5 Å². The summed E-state index contributed by atoms with van der Waals surface area (Å²) < 4.78 is 5.32. The van der Waals surface area contributed by atoms with Gasteiger partial charge in [-0.2, -0.15) is 0 Å². The summed E-state index contributed by atoms with van der Waals surface area (Å²) in [5.74, 6) is 0.159. The molecular weight excluding hydrogens is 306 g/mol. The van der Waals surface area contributed by atoms with Crippen LogP contribution in [-0.4, -0.2) is 30.7 Å². The molecule has 0 saturated heterocycles. The fourth-order valence-electron chi connectivity index (χ4n) is 2.65. The summed E-state index contributed by atoms with van der Waals surface area (Å²) >= 11 is 0. The van der Waals surface area contributed by atoms with Crippen molar-refractivity contribution in [1.29, 1.82) is 0 Å². The van der Waals surface area contributed by atoms with Crippen LogP contribution in [0.2, 0.25) is 25.7 Å². The zero-order valence-electron chi connectivity index (χ0n) is 14.5. The third kappa shape index (κ3) is 5.13. The molecule has 5 heteroatoms. The number of rotatable bonds is 7. The number of phenolic OH excluding ortho intramolecular Hbond substituents is 1. The van der Waals surface area contributed by atoms with Gasteiger partial charge in [-0.3, -0.25) is 4.79 Å². The Kier molecular flexibility index (Phi) is 5.52. The second-order valence-electron chi connectivity index (χ2n) is 7.34. The summed E-state index contributed by atoms with van der Waals surface area (Å²) in [6, 6.07) is 6.35. The molecule has 0 saturated carbocycles. The van der Waals surface area contributed by atoms with Crippen molar-refractivity contribution in [1.82, 2.24) is 4.98 Å². The van der Waals surface area contributed by atoms with Crippen LogP contribution in [0, 0.1) is 6.92 Å². The van der Waals surface area contributed by atoms with E-state index in [9.17, 15) is 9.90 Å². The average molecular weight is 334 g/mol. The first kappa shape index (κ1) is 17.6. The number of esters is 1. The van der Waals surface area contributed by atoms with Gasteiger partial charge >= 0.3 is 5.97 Å². The number of carbonyl (C=O) groups is 1. The Bertz CT molecular complexity index is 685. The van der Waals surface area contributed by atoms with Gasteiger partial charge in [0.15, 0.2) is 0 Å². The molecule has 2 N–H and O–H groups in total. The van der Waals surface area contributed by atoms with Gasteiger partial charge in [0, 0.05) is 31.1 Å². The van der Waals surface area contributed by atoms with Crippen molar-refractivity contribution < 1.29 is 14.6 Å². The Morgan fingerprint density at radius 1 is 1.30 bits per heavy atom. The zero-order chi connectivity index (χ0) is 17.0. The number of benzene rings is 1. The van der Waals surface area contributed by atoms with Crippen LogP contribution in [0.25, 0.3) is 10.9 Å². The number of hydrogen-bond acceptors (Lipinski definition) is 3. The Balaban J connectivity index is 1.86. The fraction of sp³-hybridized carbons (Fsp3) is 0.500. The molecular formula is C18H27NO3Si. The van der Waals surface area contributed by atoms with Crippen LogP contribution in [-0.2, 0) is 16.0 Å². The number of aromatic amines is 1. The van der Waals surface area contributed by atoms with Gasteiger partial charge in [-0.05, 0) is 49.6 Å². The quantitative estimate of drug-likeness (QED) is 0.583. The largest absolute Gasteiger partial charge is 0.508 e. The molecule has 0 spiro atoms. The van der Waals surface area contributed by atoms with Crippen molar-refractivity contribution in [2.24, 2.45) is 0 Å². The fourth-order valence-corrected chi connectivity index (χ4v) is 3.36. The molecule has 4 nitrogen and oxygen atoms in total. The molecule has 1 heterocycles. The molecule has 0 radical (unpaired) electrons. The highest BCUT2D eigenvalue weighted by molar-refractivity contribution is 6.76. The van der Waals surface area contributed by atoms with Gasteiger partial charge in [0.25, 0.3) is 0 Å². The highest BCUT2D eigenvalue weighted by atomic mass is 28.3. The van der Waals surface area contributed by atoms with E-state index < -0.39 is 8.07 Å². The first-order chi connectivity index (χ1) is 10.8. The second kappa shape index (κ2) is 7.21. The van der Waals surface area contributed by atoms with E-state index in [0.29, 0.717) is 13.0 Å². The number of phenols is 1.